The fourth-order valence-corrected chi connectivity index (χ4v) is 3.47. The Morgan fingerprint density at radius 1 is 1.00 bits per heavy atom. The molecule has 3 heterocycles. The molecule has 1 atom stereocenters. The van der Waals surface area contributed by atoms with Gasteiger partial charge in [-0.3, -0.25) is 0 Å². The van der Waals surface area contributed by atoms with Gasteiger partial charge in [-0.25, -0.2) is 23.1 Å². The van der Waals surface area contributed by atoms with Gasteiger partial charge in [-0.2, -0.15) is 0 Å². The molecule has 1 N–H and O–H groups in total. The van der Waals surface area contributed by atoms with E-state index in [1.54, 1.807) is 32.3 Å². The summed E-state index contributed by atoms with van der Waals surface area (Å²) in [5, 5.41) is 11.3. The summed E-state index contributed by atoms with van der Waals surface area (Å²) in [6, 6.07) is 5.87. The molecule has 0 aliphatic heterocycles. The van der Waals surface area contributed by atoms with Crippen molar-refractivity contribution in [3.8, 4) is 23.0 Å². The van der Waals surface area contributed by atoms with Crippen molar-refractivity contribution < 1.29 is 17.9 Å². The highest BCUT2D eigenvalue weighted by Crippen LogP contribution is 2.28. The van der Waals surface area contributed by atoms with Gasteiger partial charge in [-0.15, -0.1) is 10.2 Å². The number of halogens is 3. The van der Waals surface area contributed by atoms with Crippen molar-refractivity contribution in [3.63, 3.8) is 0 Å². The minimum absolute atomic E-state index is 0.279. The summed E-state index contributed by atoms with van der Waals surface area (Å²) in [6.07, 6.45) is 3.53. The summed E-state index contributed by atoms with van der Waals surface area (Å²) in [5.41, 5.74) is 3.03. The van der Waals surface area contributed by atoms with Crippen LogP contribution in [-0.2, 0) is 0 Å². The molecule has 0 bridgehead atoms. The second-order valence-corrected chi connectivity index (χ2v) is 7.56. The molecule has 170 valence electrons. The number of pyridine rings is 1. The van der Waals surface area contributed by atoms with Gasteiger partial charge in [0.15, 0.2) is 5.82 Å². The lowest BCUT2D eigenvalue weighted by molar-refractivity contribution is 0.396. The molecule has 10 heteroatoms. The normalized spacial score (nSPS) is 12.0. The first-order valence-electron chi connectivity index (χ1n) is 10.1. The summed E-state index contributed by atoms with van der Waals surface area (Å²) < 4.78 is 48.6. The predicted octanol–water partition coefficient (Wildman–Crippen LogP) is 4.94. The van der Waals surface area contributed by atoms with E-state index in [9.17, 15) is 13.2 Å². The van der Waals surface area contributed by atoms with Gasteiger partial charge < -0.3 is 14.6 Å². The van der Waals surface area contributed by atoms with E-state index in [1.807, 2.05) is 23.8 Å². The summed E-state index contributed by atoms with van der Waals surface area (Å²) in [4.78, 5) is 8.75. The van der Waals surface area contributed by atoms with Crippen LogP contribution in [0.25, 0.3) is 17.1 Å². The Kier molecular flexibility index (Phi) is 5.99. The number of methoxy groups -OCH3 is 1. The lowest BCUT2D eigenvalue weighted by Crippen LogP contribution is -2.14. The first-order chi connectivity index (χ1) is 15.8. The second kappa shape index (κ2) is 8.89. The van der Waals surface area contributed by atoms with Gasteiger partial charge >= 0.3 is 0 Å². The van der Waals surface area contributed by atoms with Gasteiger partial charge in [-0.05, 0) is 44.5 Å². The van der Waals surface area contributed by atoms with E-state index in [0.717, 1.165) is 11.4 Å². The van der Waals surface area contributed by atoms with Crippen molar-refractivity contribution in [1.29, 1.82) is 0 Å². The van der Waals surface area contributed by atoms with Crippen molar-refractivity contribution in [2.24, 2.45) is 0 Å². The van der Waals surface area contributed by atoms with E-state index in [2.05, 4.69) is 25.5 Å². The van der Waals surface area contributed by atoms with E-state index in [1.165, 1.54) is 7.11 Å². The highest BCUT2D eigenvalue weighted by atomic mass is 19.1. The van der Waals surface area contributed by atoms with Crippen molar-refractivity contribution in [2.75, 3.05) is 12.4 Å². The van der Waals surface area contributed by atoms with E-state index >= 15 is 0 Å². The third-order valence-corrected chi connectivity index (χ3v) is 5.10. The van der Waals surface area contributed by atoms with Crippen LogP contribution in [-0.4, -0.2) is 31.8 Å². The van der Waals surface area contributed by atoms with Gasteiger partial charge in [0.1, 0.15) is 28.8 Å². The summed E-state index contributed by atoms with van der Waals surface area (Å²) in [5.74, 6) is -2.19. The zero-order valence-electron chi connectivity index (χ0n) is 18.4. The molecule has 0 aliphatic rings. The number of hydrogen-bond acceptors (Lipinski definition) is 6. The number of anilines is 1. The lowest BCUT2D eigenvalue weighted by Gasteiger charge is -2.18. The highest BCUT2D eigenvalue weighted by Gasteiger charge is 2.20. The largest absolute Gasteiger partial charge is 0.479 e. The zero-order chi connectivity index (χ0) is 23.7. The van der Waals surface area contributed by atoms with Crippen LogP contribution in [0.3, 0.4) is 0 Å². The molecule has 3 aromatic heterocycles. The number of rotatable bonds is 6. The van der Waals surface area contributed by atoms with E-state index < -0.39 is 23.5 Å². The van der Waals surface area contributed by atoms with Crippen molar-refractivity contribution in [3.05, 3.63) is 77.1 Å². The van der Waals surface area contributed by atoms with Gasteiger partial charge in [0.25, 0.3) is 0 Å². The fraction of sp³-hybridized carbons (Fsp3) is 0.217. The third-order valence-electron chi connectivity index (χ3n) is 5.10. The number of ether oxygens (including phenoxy) is 1. The van der Waals surface area contributed by atoms with E-state index in [0.29, 0.717) is 40.8 Å². The van der Waals surface area contributed by atoms with Crippen LogP contribution in [0, 0.1) is 31.3 Å². The second-order valence-electron chi connectivity index (χ2n) is 7.56. The molecule has 33 heavy (non-hydrogen) atoms. The highest BCUT2D eigenvalue weighted by molar-refractivity contribution is 5.61. The fourth-order valence-electron chi connectivity index (χ4n) is 3.47. The first kappa shape index (κ1) is 22.3. The van der Waals surface area contributed by atoms with Crippen LogP contribution in [0.4, 0.5) is 19.0 Å². The minimum Gasteiger partial charge on any atom is -0.479 e. The topological polar surface area (TPSA) is 77.8 Å². The summed E-state index contributed by atoms with van der Waals surface area (Å²) in [6.45, 7) is 5.22. The Labute approximate surface area is 188 Å². The summed E-state index contributed by atoms with van der Waals surface area (Å²) >= 11 is 0. The smallest absolute Gasteiger partial charge is 0.238 e. The minimum atomic E-state index is -0.974. The first-order valence-corrected chi connectivity index (χ1v) is 10.1. The van der Waals surface area contributed by atoms with Gasteiger partial charge in [0.2, 0.25) is 5.88 Å². The third kappa shape index (κ3) is 4.50. The summed E-state index contributed by atoms with van der Waals surface area (Å²) in [7, 11) is 1.53. The Balaban J connectivity index is 1.60. The average molecular weight is 454 g/mol. The number of nitrogens with zero attached hydrogens (tertiary/aromatic N) is 5. The van der Waals surface area contributed by atoms with Gasteiger partial charge in [0, 0.05) is 23.9 Å². The zero-order valence-corrected chi connectivity index (χ0v) is 18.4. The van der Waals surface area contributed by atoms with Crippen molar-refractivity contribution >= 4 is 5.82 Å². The predicted molar refractivity (Wildman–Crippen MR) is 117 cm³/mol. The molecule has 0 aliphatic carbocycles. The number of hydrogen-bond donors (Lipinski definition) is 1. The van der Waals surface area contributed by atoms with Crippen molar-refractivity contribution in [2.45, 2.75) is 26.8 Å². The standard InChI is InChI=1S/C23H21F3N6O/c1-12-7-19(18-5-6-20(23(29-18)33-4)32-10-13(2)27-11-32)30-31-22(12)28-14(3)21-16(25)8-15(24)9-17(21)26/h5-11,14H,1-4H3,(H,28,31). The van der Waals surface area contributed by atoms with Crippen LogP contribution in [0.5, 0.6) is 5.88 Å². The quantitative estimate of drug-likeness (QED) is 0.445. The Bertz CT molecular complexity index is 1300. The maximum Gasteiger partial charge on any atom is 0.238 e. The molecule has 0 saturated carbocycles. The lowest BCUT2D eigenvalue weighted by atomic mass is 10.1. The molecular weight excluding hydrogens is 433 g/mol. The maximum absolute atomic E-state index is 14.1. The molecule has 7 nitrogen and oxygen atoms in total. The molecule has 0 saturated heterocycles. The number of nitrogens with one attached hydrogen (secondary N) is 1. The molecule has 0 amide bonds. The van der Waals surface area contributed by atoms with E-state index in [4.69, 9.17) is 4.74 Å². The SMILES string of the molecule is COc1nc(-c2cc(C)c(NC(C)c3c(F)cc(F)cc3F)nn2)ccc1-n1cnc(C)c1. The Morgan fingerprint density at radius 2 is 1.73 bits per heavy atom. The monoisotopic (exact) mass is 454 g/mol. The number of aromatic nitrogens is 5. The molecule has 4 aromatic rings. The van der Waals surface area contributed by atoms with Crippen molar-refractivity contribution in [1.82, 2.24) is 24.7 Å². The molecule has 4 rings (SSSR count). The number of aryl methyl sites for hydroxylation is 2. The number of benzene rings is 1. The average Bonchev–Trinajstić information content (AvgIpc) is 3.20. The Morgan fingerprint density at radius 3 is 2.33 bits per heavy atom. The van der Waals surface area contributed by atoms with E-state index in [-0.39, 0.29) is 5.56 Å². The molecule has 0 radical (unpaired) electrons. The van der Waals surface area contributed by atoms with Crippen LogP contribution in [0.15, 0.2) is 42.9 Å². The molecule has 1 unspecified atom stereocenters. The van der Waals surface area contributed by atoms with Gasteiger partial charge in [0.05, 0.1) is 30.9 Å². The van der Waals surface area contributed by atoms with Crippen LogP contribution >= 0.6 is 0 Å². The van der Waals surface area contributed by atoms with Crippen LogP contribution in [0.2, 0.25) is 0 Å². The Hall–Kier alpha value is -3.95. The number of imidazole rings is 1. The molecule has 0 spiro atoms. The van der Waals surface area contributed by atoms with Crippen LogP contribution in [0.1, 0.15) is 29.8 Å². The molecular formula is C23H21F3N6O. The molecule has 0 fully saturated rings. The van der Waals surface area contributed by atoms with Crippen LogP contribution < -0.4 is 10.1 Å². The van der Waals surface area contributed by atoms with Gasteiger partial charge in [-0.1, -0.05) is 0 Å². The maximum atomic E-state index is 14.1. The molecule has 1 aromatic carbocycles.